The van der Waals surface area contributed by atoms with Gasteiger partial charge in [0.25, 0.3) is 0 Å². The third kappa shape index (κ3) is 4.46. The lowest BCUT2D eigenvalue weighted by atomic mass is 10.2. The van der Waals surface area contributed by atoms with Crippen molar-refractivity contribution in [3.8, 4) is 17.1 Å². The molecule has 10 nitrogen and oxygen atoms in total. The van der Waals surface area contributed by atoms with Crippen LogP contribution >= 0.6 is 0 Å². The van der Waals surface area contributed by atoms with Crippen LogP contribution in [-0.2, 0) is 17.8 Å². The summed E-state index contributed by atoms with van der Waals surface area (Å²) in [6.45, 7) is 0.0590. The molecule has 1 N–H and O–H groups in total. The molecule has 2 aromatic carbocycles. The van der Waals surface area contributed by atoms with Crippen molar-refractivity contribution in [1.82, 2.24) is 30.3 Å². The number of anilines is 1. The molecule has 4 aromatic rings. The monoisotopic (exact) mass is 409 g/mol. The molecule has 2 aromatic heterocycles. The number of aromatic nitrogens is 6. The number of rotatable bonds is 7. The minimum absolute atomic E-state index is 0.0590. The normalized spacial score (nSPS) is 10.7. The summed E-state index contributed by atoms with van der Waals surface area (Å²) in [5.41, 5.74) is 1.05. The summed E-state index contributed by atoms with van der Waals surface area (Å²) in [5.74, 6) is 0.522. The van der Waals surface area contributed by atoms with E-state index < -0.39 is 5.82 Å². The molecule has 0 aliphatic rings. The van der Waals surface area contributed by atoms with Gasteiger partial charge in [-0.25, -0.2) is 4.39 Å². The predicted octanol–water partition coefficient (Wildman–Crippen LogP) is 2.10. The van der Waals surface area contributed by atoms with Gasteiger partial charge in [0.2, 0.25) is 17.6 Å². The van der Waals surface area contributed by atoms with E-state index in [1.54, 1.807) is 36.4 Å². The molecule has 2 heterocycles. The number of nitrogens with one attached hydrogen (secondary N) is 1. The Morgan fingerprint density at radius 2 is 2.10 bits per heavy atom. The van der Waals surface area contributed by atoms with E-state index in [2.05, 4.69) is 30.9 Å². The number of para-hydroxylation sites is 2. The average molecular weight is 409 g/mol. The lowest BCUT2D eigenvalue weighted by molar-refractivity contribution is -0.115. The van der Waals surface area contributed by atoms with Crippen LogP contribution in [0.25, 0.3) is 11.4 Å². The number of nitrogens with zero attached hydrogens (tertiary/aromatic N) is 6. The Labute approximate surface area is 169 Å². The van der Waals surface area contributed by atoms with E-state index in [9.17, 15) is 9.18 Å². The Bertz CT molecular complexity index is 1170. The summed E-state index contributed by atoms with van der Waals surface area (Å²) >= 11 is 0. The van der Waals surface area contributed by atoms with E-state index in [4.69, 9.17) is 9.26 Å². The van der Waals surface area contributed by atoms with Crippen molar-refractivity contribution < 1.29 is 18.4 Å². The zero-order valence-corrected chi connectivity index (χ0v) is 15.8. The largest absolute Gasteiger partial charge is 0.495 e. The summed E-state index contributed by atoms with van der Waals surface area (Å²) in [4.78, 5) is 17.7. The smallest absolute Gasteiger partial charge is 0.250 e. The molecular weight excluding hydrogens is 393 g/mol. The van der Waals surface area contributed by atoms with Crippen molar-refractivity contribution in [2.45, 2.75) is 13.0 Å². The van der Waals surface area contributed by atoms with Crippen LogP contribution in [0.1, 0.15) is 11.7 Å². The van der Waals surface area contributed by atoms with Crippen molar-refractivity contribution in [1.29, 1.82) is 0 Å². The van der Waals surface area contributed by atoms with E-state index in [-0.39, 0.29) is 36.4 Å². The summed E-state index contributed by atoms with van der Waals surface area (Å²) in [5, 5.41) is 18.5. The molecule has 152 valence electrons. The number of halogens is 1. The molecule has 0 aliphatic carbocycles. The van der Waals surface area contributed by atoms with Crippen LogP contribution in [0.5, 0.6) is 5.75 Å². The van der Waals surface area contributed by atoms with Gasteiger partial charge in [0.15, 0.2) is 5.82 Å². The highest BCUT2D eigenvalue weighted by Crippen LogP contribution is 2.23. The van der Waals surface area contributed by atoms with Crippen LogP contribution in [-0.4, -0.2) is 43.4 Å². The van der Waals surface area contributed by atoms with E-state index in [0.717, 1.165) is 0 Å². The highest BCUT2D eigenvalue weighted by Gasteiger charge is 2.15. The Morgan fingerprint density at radius 1 is 1.23 bits per heavy atom. The van der Waals surface area contributed by atoms with E-state index in [1.165, 1.54) is 24.0 Å². The van der Waals surface area contributed by atoms with Crippen LogP contribution in [0.15, 0.2) is 53.1 Å². The number of carbonyl (C=O) groups excluding carboxylic acids is 1. The first-order valence-corrected chi connectivity index (χ1v) is 8.89. The molecule has 0 aliphatic heterocycles. The number of amides is 1. The van der Waals surface area contributed by atoms with Crippen molar-refractivity contribution >= 4 is 11.6 Å². The molecule has 0 saturated carbocycles. The zero-order chi connectivity index (χ0) is 20.9. The number of tetrazole rings is 1. The van der Waals surface area contributed by atoms with Gasteiger partial charge in [0.05, 0.1) is 19.2 Å². The van der Waals surface area contributed by atoms with Gasteiger partial charge in [-0.05, 0) is 29.5 Å². The number of methoxy groups -OCH3 is 1. The maximum atomic E-state index is 13.3. The maximum Gasteiger partial charge on any atom is 0.250 e. The molecule has 0 radical (unpaired) electrons. The van der Waals surface area contributed by atoms with Crippen LogP contribution in [0.2, 0.25) is 0 Å². The number of ether oxygens (including phenoxy) is 1. The zero-order valence-electron chi connectivity index (χ0n) is 15.8. The van der Waals surface area contributed by atoms with E-state index >= 15 is 0 Å². The number of hydrogen-bond acceptors (Lipinski definition) is 8. The van der Waals surface area contributed by atoms with Gasteiger partial charge in [-0.3, -0.25) is 4.79 Å². The lowest BCUT2D eigenvalue weighted by Crippen LogP contribution is -2.16. The summed E-state index contributed by atoms with van der Waals surface area (Å²) in [7, 11) is 1.52. The lowest BCUT2D eigenvalue weighted by Gasteiger charge is -2.08. The van der Waals surface area contributed by atoms with Gasteiger partial charge in [0, 0.05) is 5.56 Å². The molecule has 1 amide bonds. The van der Waals surface area contributed by atoms with Gasteiger partial charge in [-0.2, -0.15) is 9.78 Å². The first kappa shape index (κ1) is 19.2. The fraction of sp³-hybridized carbons (Fsp3) is 0.158. The number of carbonyl (C=O) groups is 1. The quantitative estimate of drug-likeness (QED) is 0.493. The molecular formula is C19H16FN7O3. The highest BCUT2D eigenvalue weighted by atomic mass is 19.1. The minimum Gasteiger partial charge on any atom is -0.495 e. The van der Waals surface area contributed by atoms with Gasteiger partial charge in [0.1, 0.15) is 18.1 Å². The minimum atomic E-state index is -0.392. The fourth-order valence-electron chi connectivity index (χ4n) is 2.69. The first-order valence-electron chi connectivity index (χ1n) is 8.89. The third-order valence-electron chi connectivity index (χ3n) is 4.02. The van der Waals surface area contributed by atoms with Gasteiger partial charge in [-0.15, -0.1) is 10.2 Å². The van der Waals surface area contributed by atoms with Gasteiger partial charge in [-0.1, -0.05) is 29.4 Å². The third-order valence-corrected chi connectivity index (χ3v) is 4.02. The standard InChI is InChI=1S/C19H16FN7O3/c1-29-15-8-3-2-7-14(15)21-17(28)10-16-22-18(30-25-16)11-27-24-19(23-26-27)12-5-4-6-13(20)9-12/h2-9H,10-11H2,1H3,(H,21,28). The van der Waals surface area contributed by atoms with Crippen molar-refractivity contribution in [3.63, 3.8) is 0 Å². The molecule has 0 fully saturated rings. The van der Waals surface area contributed by atoms with E-state index in [0.29, 0.717) is 17.0 Å². The molecule has 11 heteroatoms. The second-order valence-corrected chi connectivity index (χ2v) is 6.18. The fourth-order valence-corrected chi connectivity index (χ4v) is 2.69. The molecule has 0 atom stereocenters. The Kier molecular flexibility index (Phi) is 5.42. The molecule has 30 heavy (non-hydrogen) atoms. The van der Waals surface area contributed by atoms with Crippen LogP contribution < -0.4 is 10.1 Å². The summed E-state index contributed by atoms with van der Waals surface area (Å²) in [6.07, 6.45) is -0.0825. The molecule has 0 unspecified atom stereocenters. The molecule has 0 bridgehead atoms. The van der Waals surface area contributed by atoms with Gasteiger partial charge >= 0.3 is 0 Å². The number of hydrogen-bond donors (Lipinski definition) is 1. The Balaban J connectivity index is 1.38. The molecule has 0 spiro atoms. The van der Waals surface area contributed by atoms with Crippen molar-refractivity contribution in [2.24, 2.45) is 0 Å². The maximum absolute atomic E-state index is 13.3. The van der Waals surface area contributed by atoms with E-state index in [1.807, 2.05) is 0 Å². The highest BCUT2D eigenvalue weighted by molar-refractivity contribution is 5.93. The van der Waals surface area contributed by atoms with Crippen molar-refractivity contribution in [2.75, 3.05) is 12.4 Å². The predicted molar refractivity (Wildman–Crippen MR) is 102 cm³/mol. The Morgan fingerprint density at radius 3 is 2.93 bits per heavy atom. The first-order chi connectivity index (χ1) is 14.6. The molecule has 0 saturated heterocycles. The van der Waals surface area contributed by atoms with Crippen molar-refractivity contribution in [3.05, 3.63) is 66.1 Å². The average Bonchev–Trinajstić information content (AvgIpc) is 3.38. The second kappa shape index (κ2) is 8.47. The van der Waals surface area contributed by atoms with Crippen LogP contribution in [0, 0.1) is 5.82 Å². The van der Waals surface area contributed by atoms with Gasteiger partial charge < -0.3 is 14.6 Å². The summed E-state index contributed by atoms with van der Waals surface area (Å²) in [6, 6.07) is 12.9. The topological polar surface area (TPSA) is 121 Å². The number of benzene rings is 2. The van der Waals surface area contributed by atoms with Crippen LogP contribution in [0.3, 0.4) is 0 Å². The second-order valence-electron chi connectivity index (χ2n) is 6.18. The SMILES string of the molecule is COc1ccccc1NC(=O)Cc1noc(Cn2nnc(-c3cccc(F)c3)n2)n1. The van der Waals surface area contributed by atoms with Crippen LogP contribution in [0.4, 0.5) is 10.1 Å². The Hall–Kier alpha value is -4.15. The molecule has 4 rings (SSSR count). The summed E-state index contributed by atoms with van der Waals surface area (Å²) < 4.78 is 23.7.